The van der Waals surface area contributed by atoms with Gasteiger partial charge in [0.2, 0.25) is 0 Å². The average Bonchev–Trinajstić information content (AvgIpc) is 3.09. The molecule has 33 heavy (non-hydrogen) atoms. The molecule has 9 heteroatoms. The number of amides is 2. The summed E-state index contributed by atoms with van der Waals surface area (Å²) < 4.78 is 6.64. The highest BCUT2D eigenvalue weighted by molar-refractivity contribution is 6.31. The van der Waals surface area contributed by atoms with Gasteiger partial charge in [-0.1, -0.05) is 41.9 Å². The van der Waals surface area contributed by atoms with Crippen LogP contribution in [0.1, 0.15) is 27.2 Å². The van der Waals surface area contributed by atoms with Gasteiger partial charge in [-0.25, -0.2) is 9.48 Å². The maximum absolute atomic E-state index is 12.0. The second-order valence-corrected chi connectivity index (χ2v) is 7.44. The number of halogens is 1. The number of benzene rings is 2. The van der Waals surface area contributed by atoms with Gasteiger partial charge in [0.25, 0.3) is 11.8 Å². The van der Waals surface area contributed by atoms with Crippen molar-refractivity contribution in [2.75, 3.05) is 19.0 Å². The van der Waals surface area contributed by atoms with E-state index in [0.717, 1.165) is 5.56 Å². The van der Waals surface area contributed by atoms with Crippen molar-refractivity contribution in [1.82, 2.24) is 15.1 Å². The smallest absolute Gasteiger partial charge is 0.331 e. The second-order valence-electron chi connectivity index (χ2n) is 7.08. The standard InChI is InChI=1S/C24H23ClN4O4/c1-16-20(23(25)29(28-16)14-17-6-4-3-5-7-17)12-13-22(31)33-15-21(30)27-19-10-8-18(9-11-19)24(32)26-2/h3-13H,14-15H2,1-2H3,(H,26,32)(H,27,30)/b13-12+. The van der Waals surface area contributed by atoms with E-state index in [1.165, 1.54) is 19.2 Å². The predicted molar refractivity (Wildman–Crippen MR) is 126 cm³/mol. The SMILES string of the molecule is CNC(=O)c1ccc(NC(=O)COC(=O)/C=C/c2c(C)nn(Cc3ccccc3)c2Cl)cc1. The molecule has 0 aliphatic carbocycles. The number of ether oxygens (including phenoxy) is 1. The van der Waals surface area contributed by atoms with Gasteiger partial charge < -0.3 is 15.4 Å². The number of hydrogen-bond acceptors (Lipinski definition) is 5. The van der Waals surface area contributed by atoms with Crippen molar-refractivity contribution in [3.05, 3.63) is 88.2 Å². The number of nitrogens with zero attached hydrogens (tertiary/aromatic N) is 2. The Hall–Kier alpha value is -3.91. The Morgan fingerprint density at radius 2 is 1.79 bits per heavy atom. The van der Waals surface area contributed by atoms with Crippen LogP contribution in [0.3, 0.4) is 0 Å². The van der Waals surface area contributed by atoms with Crippen molar-refractivity contribution >= 4 is 41.1 Å². The molecule has 0 atom stereocenters. The van der Waals surface area contributed by atoms with Gasteiger partial charge in [0.1, 0.15) is 5.15 Å². The van der Waals surface area contributed by atoms with E-state index in [1.807, 2.05) is 30.3 Å². The predicted octanol–water partition coefficient (Wildman–Crippen LogP) is 3.45. The third-order valence-corrected chi connectivity index (χ3v) is 5.07. The van der Waals surface area contributed by atoms with E-state index >= 15 is 0 Å². The molecule has 0 spiro atoms. The van der Waals surface area contributed by atoms with Crippen molar-refractivity contribution in [3.8, 4) is 0 Å². The molecule has 0 saturated heterocycles. The molecular weight excluding hydrogens is 444 g/mol. The van der Waals surface area contributed by atoms with Gasteiger partial charge >= 0.3 is 5.97 Å². The lowest BCUT2D eigenvalue weighted by molar-refractivity contribution is -0.142. The molecule has 2 amide bonds. The van der Waals surface area contributed by atoms with Crippen LogP contribution in [-0.2, 0) is 20.9 Å². The number of carbonyl (C=O) groups is 3. The van der Waals surface area contributed by atoms with Crippen LogP contribution in [0.25, 0.3) is 6.08 Å². The van der Waals surface area contributed by atoms with Gasteiger partial charge in [0, 0.05) is 29.9 Å². The van der Waals surface area contributed by atoms with Crippen molar-refractivity contribution in [1.29, 1.82) is 0 Å². The minimum Gasteiger partial charge on any atom is -0.452 e. The molecule has 170 valence electrons. The van der Waals surface area contributed by atoms with Crippen LogP contribution in [0.2, 0.25) is 5.15 Å². The van der Waals surface area contributed by atoms with Crippen molar-refractivity contribution < 1.29 is 19.1 Å². The average molecular weight is 467 g/mol. The number of rotatable bonds is 8. The summed E-state index contributed by atoms with van der Waals surface area (Å²) in [6.45, 7) is 1.84. The van der Waals surface area contributed by atoms with Crippen LogP contribution < -0.4 is 10.6 Å². The minimum atomic E-state index is -0.689. The summed E-state index contributed by atoms with van der Waals surface area (Å²) in [5.41, 5.74) is 3.26. The van der Waals surface area contributed by atoms with Gasteiger partial charge in [-0.05, 0) is 42.8 Å². The van der Waals surface area contributed by atoms with E-state index < -0.39 is 18.5 Å². The summed E-state index contributed by atoms with van der Waals surface area (Å²) in [7, 11) is 1.53. The lowest BCUT2D eigenvalue weighted by Gasteiger charge is -2.06. The Morgan fingerprint density at radius 3 is 2.45 bits per heavy atom. The fourth-order valence-corrected chi connectivity index (χ4v) is 3.30. The molecule has 0 fully saturated rings. The Kier molecular flexibility index (Phi) is 7.99. The third kappa shape index (κ3) is 6.54. The number of aromatic nitrogens is 2. The van der Waals surface area contributed by atoms with E-state index in [4.69, 9.17) is 16.3 Å². The molecule has 1 heterocycles. The summed E-state index contributed by atoms with van der Waals surface area (Å²) in [5, 5.41) is 9.93. The maximum Gasteiger partial charge on any atom is 0.331 e. The zero-order valence-electron chi connectivity index (χ0n) is 18.2. The molecule has 0 bridgehead atoms. The zero-order valence-corrected chi connectivity index (χ0v) is 18.9. The lowest BCUT2D eigenvalue weighted by atomic mass is 10.2. The van der Waals surface area contributed by atoms with Gasteiger partial charge in [0.05, 0.1) is 12.2 Å². The molecule has 2 N–H and O–H groups in total. The third-order valence-electron chi connectivity index (χ3n) is 4.67. The number of hydrogen-bond donors (Lipinski definition) is 2. The molecule has 8 nitrogen and oxygen atoms in total. The van der Waals surface area contributed by atoms with Crippen LogP contribution >= 0.6 is 11.6 Å². The van der Waals surface area contributed by atoms with Crippen LogP contribution in [0.15, 0.2) is 60.7 Å². The topological polar surface area (TPSA) is 102 Å². The normalized spacial score (nSPS) is 10.8. The summed E-state index contributed by atoms with van der Waals surface area (Å²) in [6.07, 6.45) is 2.72. The van der Waals surface area contributed by atoms with Gasteiger partial charge in [-0.15, -0.1) is 0 Å². The zero-order chi connectivity index (χ0) is 23.8. The first kappa shape index (κ1) is 23.7. The van der Waals surface area contributed by atoms with Crippen LogP contribution in [-0.4, -0.2) is 41.2 Å². The molecule has 0 aliphatic rings. The Balaban J connectivity index is 1.52. The Bertz CT molecular complexity index is 1170. The van der Waals surface area contributed by atoms with Crippen molar-refractivity contribution in [2.45, 2.75) is 13.5 Å². The Labute approximate surface area is 196 Å². The minimum absolute atomic E-state index is 0.227. The Morgan fingerprint density at radius 1 is 1.09 bits per heavy atom. The number of nitrogens with one attached hydrogen (secondary N) is 2. The molecule has 1 aromatic heterocycles. The molecule has 3 aromatic rings. The molecule has 0 radical (unpaired) electrons. The highest BCUT2D eigenvalue weighted by atomic mass is 35.5. The first-order valence-corrected chi connectivity index (χ1v) is 10.5. The van der Waals surface area contributed by atoms with Crippen LogP contribution in [0, 0.1) is 6.92 Å². The fraction of sp³-hybridized carbons (Fsp3) is 0.167. The van der Waals surface area contributed by atoms with Gasteiger partial charge in [-0.3, -0.25) is 9.59 Å². The summed E-state index contributed by atoms with van der Waals surface area (Å²) >= 11 is 6.43. The molecular formula is C24H23ClN4O4. The van der Waals surface area contributed by atoms with E-state index in [-0.39, 0.29) is 5.91 Å². The quantitative estimate of drug-likeness (QED) is 0.391. The lowest BCUT2D eigenvalue weighted by Crippen LogP contribution is -2.20. The van der Waals surface area contributed by atoms with E-state index in [9.17, 15) is 14.4 Å². The number of esters is 1. The van der Waals surface area contributed by atoms with Crippen LogP contribution in [0.5, 0.6) is 0 Å². The van der Waals surface area contributed by atoms with E-state index in [1.54, 1.807) is 35.9 Å². The van der Waals surface area contributed by atoms with Crippen molar-refractivity contribution in [2.24, 2.45) is 0 Å². The molecule has 2 aromatic carbocycles. The summed E-state index contributed by atoms with van der Waals surface area (Å²) in [6, 6.07) is 16.1. The molecule has 3 rings (SSSR count). The largest absolute Gasteiger partial charge is 0.452 e. The summed E-state index contributed by atoms with van der Waals surface area (Å²) in [5.74, 6) is -1.42. The fourth-order valence-electron chi connectivity index (χ4n) is 3.00. The number of carbonyl (C=O) groups excluding carboxylic acids is 3. The number of aryl methyl sites for hydroxylation is 1. The highest BCUT2D eigenvalue weighted by Gasteiger charge is 2.13. The van der Waals surface area contributed by atoms with Crippen molar-refractivity contribution in [3.63, 3.8) is 0 Å². The maximum atomic E-state index is 12.0. The highest BCUT2D eigenvalue weighted by Crippen LogP contribution is 2.22. The van der Waals surface area contributed by atoms with Crippen LogP contribution in [0.4, 0.5) is 5.69 Å². The molecule has 0 saturated carbocycles. The summed E-state index contributed by atoms with van der Waals surface area (Å²) in [4.78, 5) is 35.6. The van der Waals surface area contributed by atoms with E-state index in [0.29, 0.717) is 34.2 Å². The molecule has 0 unspecified atom stereocenters. The number of anilines is 1. The second kappa shape index (κ2) is 11.1. The first-order valence-electron chi connectivity index (χ1n) is 10.1. The molecule has 0 aliphatic heterocycles. The van der Waals surface area contributed by atoms with Gasteiger partial charge in [-0.2, -0.15) is 5.10 Å². The monoisotopic (exact) mass is 466 g/mol. The first-order chi connectivity index (χ1) is 15.9. The van der Waals surface area contributed by atoms with Gasteiger partial charge in [0.15, 0.2) is 6.61 Å². The van der Waals surface area contributed by atoms with E-state index in [2.05, 4.69) is 15.7 Å².